The second kappa shape index (κ2) is 11.6. The number of aryl methyl sites for hydroxylation is 1. The van der Waals surface area contributed by atoms with Gasteiger partial charge in [-0.05, 0) is 52.7 Å². The topological polar surface area (TPSA) is 46.2 Å². The summed E-state index contributed by atoms with van der Waals surface area (Å²) in [6.45, 7) is 12.2. The van der Waals surface area contributed by atoms with Crippen molar-refractivity contribution in [3.8, 4) is 5.75 Å². The van der Waals surface area contributed by atoms with Crippen LogP contribution in [0.15, 0.2) is 24.3 Å². The minimum Gasteiger partial charge on any atom is -0.465 e. The van der Waals surface area contributed by atoms with Gasteiger partial charge in [-0.2, -0.15) is 0 Å². The van der Waals surface area contributed by atoms with Gasteiger partial charge in [0.25, 0.3) is 0 Å². The van der Waals surface area contributed by atoms with Gasteiger partial charge in [0.2, 0.25) is 0 Å². The van der Waals surface area contributed by atoms with Crippen LogP contribution in [0, 0.1) is 0 Å². The highest BCUT2D eigenvalue weighted by Gasteiger charge is 2.40. The van der Waals surface area contributed by atoms with Crippen molar-refractivity contribution in [3.63, 3.8) is 0 Å². The zero-order chi connectivity index (χ0) is 17.8. The molecule has 1 aromatic carbocycles. The fourth-order valence-corrected chi connectivity index (χ4v) is 5.14. The summed E-state index contributed by atoms with van der Waals surface area (Å²) >= 11 is 0. The molecule has 1 rings (SSSR count). The molecule has 0 bridgehead atoms. The van der Waals surface area contributed by atoms with E-state index < -0.39 is 8.80 Å². The van der Waals surface area contributed by atoms with Crippen LogP contribution in [0.4, 0.5) is 0 Å². The van der Waals surface area contributed by atoms with Crippen LogP contribution in [-0.2, 0) is 24.4 Å². The van der Waals surface area contributed by atoms with E-state index in [-0.39, 0.29) is 6.29 Å². The molecular weight excluding hydrogens is 324 g/mol. The van der Waals surface area contributed by atoms with Crippen LogP contribution >= 0.6 is 0 Å². The van der Waals surface area contributed by atoms with Gasteiger partial charge < -0.3 is 22.8 Å². The van der Waals surface area contributed by atoms with Crippen molar-refractivity contribution in [2.45, 2.75) is 53.4 Å². The maximum absolute atomic E-state index is 5.92. The van der Waals surface area contributed by atoms with Gasteiger partial charge in [-0.25, -0.2) is 0 Å². The lowest BCUT2D eigenvalue weighted by atomic mass is 10.1. The lowest BCUT2D eigenvalue weighted by Gasteiger charge is -2.28. The Balaban J connectivity index is 2.82. The highest BCUT2D eigenvalue weighted by molar-refractivity contribution is 6.60. The van der Waals surface area contributed by atoms with E-state index in [9.17, 15) is 0 Å². The third-order valence-electron chi connectivity index (χ3n) is 3.46. The molecule has 0 saturated carbocycles. The number of ether oxygens (including phenoxy) is 2. The minimum atomic E-state index is -2.64. The van der Waals surface area contributed by atoms with Crippen molar-refractivity contribution >= 4 is 8.80 Å². The van der Waals surface area contributed by atoms with Gasteiger partial charge in [0, 0.05) is 32.5 Å². The summed E-state index contributed by atoms with van der Waals surface area (Å²) in [6, 6.07) is 8.74. The van der Waals surface area contributed by atoms with Gasteiger partial charge in [0.1, 0.15) is 5.75 Å². The first-order valence-electron chi connectivity index (χ1n) is 8.88. The van der Waals surface area contributed by atoms with E-state index in [1.54, 1.807) is 0 Å². The van der Waals surface area contributed by atoms with E-state index in [0.29, 0.717) is 26.4 Å². The van der Waals surface area contributed by atoms with Crippen LogP contribution < -0.4 is 4.74 Å². The average Bonchev–Trinajstić information content (AvgIpc) is 2.55. The highest BCUT2D eigenvalue weighted by Crippen LogP contribution is 2.25. The molecule has 0 spiro atoms. The van der Waals surface area contributed by atoms with Gasteiger partial charge in [-0.3, -0.25) is 0 Å². The smallest absolute Gasteiger partial charge is 0.465 e. The summed E-state index contributed by atoms with van der Waals surface area (Å²) in [5.41, 5.74) is 1.11. The van der Waals surface area contributed by atoms with Gasteiger partial charge >= 0.3 is 8.80 Å². The second-order valence-electron chi connectivity index (χ2n) is 5.23. The zero-order valence-electron chi connectivity index (χ0n) is 15.7. The Morgan fingerprint density at radius 1 is 0.875 bits per heavy atom. The Hall–Kier alpha value is -0.923. The number of para-hydroxylation sites is 1. The molecular formula is C18H32O5Si. The van der Waals surface area contributed by atoms with Crippen LogP contribution in [0.2, 0.25) is 6.04 Å². The van der Waals surface area contributed by atoms with Crippen molar-refractivity contribution in [1.29, 1.82) is 0 Å². The van der Waals surface area contributed by atoms with Crippen molar-refractivity contribution in [2.24, 2.45) is 0 Å². The molecule has 0 aliphatic rings. The number of rotatable bonds is 13. The van der Waals surface area contributed by atoms with Crippen molar-refractivity contribution in [3.05, 3.63) is 29.8 Å². The molecule has 0 aliphatic carbocycles. The highest BCUT2D eigenvalue weighted by atomic mass is 28.4. The SMILES string of the molecule is CCOC(C)Oc1ccccc1CC[Si](OCC)(OCC)OCC. The summed E-state index contributed by atoms with van der Waals surface area (Å²) in [4.78, 5) is 0. The molecule has 0 aromatic heterocycles. The van der Waals surface area contributed by atoms with Crippen LogP contribution in [0.3, 0.4) is 0 Å². The Bertz CT molecular complexity index is 438. The number of hydrogen-bond acceptors (Lipinski definition) is 5. The zero-order valence-corrected chi connectivity index (χ0v) is 16.7. The summed E-state index contributed by atoms with van der Waals surface area (Å²) in [6.07, 6.45) is 0.505. The van der Waals surface area contributed by atoms with E-state index in [1.165, 1.54) is 0 Å². The molecule has 0 aliphatic heterocycles. The minimum absolute atomic E-state index is 0.274. The molecule has 6 heteroatoms. The Morgan fingerprint density at radius 2 is 1.46 bits per heavy atom. The van der Waals surface area contributed by atoms with Crippen LogP contribution in [0.1, 0.15) is 40.2 Å². The number of benzene rings is 1. The first-order valence-corrected chi connectivity index (χ1v) is 10.8. The first kappa shape index (κ1) is 21.1. The van der Waals surface area contributed by atoms with Crippen molar-refractivity contribution in [2.75, 3.05) is 26.4 Å². The molecule has 1 atom stereocenters. The average molecular weight is 357 g/mol. The monoisotopic (exact) mass is 356 g/mol. The molecule has 0 saturated heterocycles. The molecule has 0 heterocycles. The van der Waals surface area contributed by atoms with E-state index in [4.69, 9.17) is 22.8 Å². The van der Waals surface area contributed by atoms with Gasteiger partial charge in [0.15, 0.2) is 6.29 Å². The number of hydrogen-bond donors (Lipinski definition) is 0. The van der Waals surface area contributed by atoms with Gasteiger partial charge in [-0.15, -0.1) is 0 Å². The van der Waals surface area contributed by atoms with Crippen molar-refractivity contribution < 1.29 is 22.8 Å². The standard InChI is InChI=1S/C18H32O5Si/c1-6-19-16(5)23-18-13-11-10-12-17(18)14-15-24(20-7-2,21-8-3)22-9-4/h10-13,16H,6-9,14-15H2,1-5H3. The maximum atomic E-state index is 5.92. The molecule has 0 N–H and O–H groups in total. The first-order chi connectivity index (χ1) is 11.6. The quantitative estimate of drug-likeness (QED) is 0.394. The van der Waals surface area contributed by atoms with Crippen LogP contribution in [0.25, 0.3) is 0 Å². The Labute approximate surface area is 147 Å². The molecule has 24 heavy (non-hydrogen) atoms. The lowest BCUT2D eigenvalue weighted by Crippen LogP contribution is -2.46. The summed E-state index contributed by atoms with van der Waals surface area (Å²) in [7, 11) is -2.64. The Morgan fingerprint density at radius 3 is 2.00 bits per heavy atom. The molecule has 0 fully saturated rings. The van der Waals surface area contributed by atoms with Gasteiger partial charge in [0.05, 0.1) is 0 Å². The van der Waals surface area contributed by atoms with E-state index in [2.05, 4.69) is 6.07 Å². The van der Waals surface area contributed by atoms with E-state index >= 15 is 0 Å². The predicted octanol–water partition coefficient (Wildman–Crippen LogP) is 4.04. The van der Waals surface area contributed by atoms with Crippen LogP contribution in [-0.4, -0.2) is 41.5 Å². The summed E-state index contributed by atoms with van der Waals surface area (Å²) in [5.74, 6) is 0.839. The second-order valence-corrected chi connectivity index (χ2v) is 7.96. The fourth-order valence-electron chi connectivity index (χ4n) is 2.56. The van der Waals surface area contributed by atoms with E-state index in [0.717, 1.165) is 23.8 Å². The predicted molar refractivity (Wildman–Crippen MR) is 97.3 cm³/mol. The summed E-state index contributed by atoms with van der Waals surface area (Å²) < 4.78 is 29.1. The van der Waals surface area contributed by atoms with E-state index in [1.807, 2.05) is 52.8 Å². The molecule has 5 nitrogen and oxygen atoms in total. The normalized spacial score (nSPS) is 13.0. The third-order valence-corrected chi connectivity index (χ3v) is 6.51. The molecule has 0 radical (unpaired) electrons. The maximum Gasteiger partial charge on any atom is 0.501 e. The van der Waals surface area contributed by atoms with Gasteiger partial charge in [-0.1, -0.05) is 18.2 Å². The molecule has 1 aromatic rings. The largest absolute Gasteiger partial charge is 0.501 e. The summed E-state index contributed by atoms with van der Waals surface area (Å²) in [5, 5.41) is 0. The molecule has 138 valence electrons. The lowest BCUT2D eigenvalue weighted by molar-refractivity contribution is -0.0617. The Kier molecular flexibility index (Phi) is 10.2. The molecule has 1 unspecified atom stereocenters. The van der Waals surface area contributed by atoms with Crippen LogP contribution in [0.5, 0.6) is 5.75 Å². The molecule has 0 amide bonds. The van der Waals surface area contributed by atoms with Crippen molar-refractivity contribution in [1.82, 2.24) is 0 Å². The fraction of sp³-hybridized carbons (Fsp3) is 0.667. The third kappa shape index (κ3) is 6.90.